The third-order valence-electron chi connectivity index (χ3n) is 4.80. The Hall–Kier alpha value is -3.71. The van der Waals surface area contributed by atoms with Gasteiger partial charge in [-0.15, -0.1) is 0 Å². The number of rotatable bonds is 7. The fourth-order valence-corrected chi connectivity index (χ4v) is 3.41. The Morgan fingerprint density at radius 1 is 1.00 bits per heavy atom. The third-order valence-corrected chi connectivity index (χ3v) is 5.05. The Bertz CT molecular complexity index is 1090. The van der Waals surface area contributed by atoms with Crippen molar-refractivity contribution in [3.8, 4) is 11.5 Å². The summed E-state index contributed by atoms with van der Waals surface area (Å²) in [5.74, 6) is 1.17. The van der Waals surface area contributed by atoms with E-state index in [0.29, 0.717) is 47.4 Å². The molecule has 0 radical (unpaired) electrons. The van der Waals surface area contributed by atoms with Crippen LogP contribution in [0.4, 0.5) is 21.9 Å². The summed E-state index contributed by atoms with van der Waals surface area (Å²) < 4.78 is 11.3. The predicted octanol–water partition coefficient (Wildman–Crippen LogP) is 5.18. The minimum absolute atomic E-state index is 0.0215. The van der Waals surface area contributed by atoms with Gasteiger partial charge in [-0.05, 0) is 61.0 Å². The summed E-state index contributed by atoms with van der Waals surface area (Å²) in [4.78, 5) is 26.4. The van der Waals surface area contributed by atoms with Crippen LogP contribution >= 0.6 is 11.6 Å². The van der Waals surface area contributed by atoms with Crippen LogP contribution in [0.15, 0.2) is 72.8 Å². The number of hydrogen-bond donors (Lipinski definition) is 2. The van der Waals surface area contributed by atoms with Crippen molar-refractivity contribution in [2.24, 2.45) is 0 Å². The molecule has 3 aromatic carbocycles. The van der Waals surface area contributed by atoms with E-state index in [0.717, 1.165) is 5.75 Å². The van der Waals surface area contributed by atoms with Crippen LogP contribution in [0.1, 0.15) is 6.42 Å². The highest BCUT2D eigenvalue weighted by Gasteiger charge is 2.25. The highest BCUT2D eigenvalue weighted by Crippen LogP contribution is 2.34. The van der Waals surface area contributed by atoms with Crippen LogP contribution in [-0.4, -0.2) is 31.7 Å². The van der Waals surface area contributed by atoms with Gasteiger partial charge < -0.3 is 25.0 Å². The summed E-state index contributed by atoms with van der Waals surface area (Å²) in [7, 11) is 0. The zero-order valence-electron chi connectivity index (χ0n) is 17.2. The second-order valence-electron chi connectivity index (χ2n) is 7.12. The van der Waals surface area contributed by atoms with Crippen molar-refractivity contribution >= 4 is 40.6 Å². The number of carbonyl (C=O) groups is 2. The molecular formula is C24H22ClN3O4. The molecule has 0 saturated heterocycles. The summed E-state index contributed by atoms with van der Waals surface area (Å²) in [5.41, 5.74) is 1.85. The molecule has 8 heteroatoms. The molecular weight excluding hydrogens is 430 g/mol. The van der Waals surface area contributed by atoms with Crippen LogP contribution in [0.5, 0.6) is 11.5 Å². The molecule has 1 heterocycles. The molecule has 3 amide bonds. The Morgan fingerprint density at radius 3 is 2.53 bits per heavy atom. The van der Waals surface area contributed by atoms with E-state index in [1.807, 2.05) is 18.2 Å². The van der Waals surface area contributed by atoms with Crippen LogP contribution in [0, 0.1) is 0 Å². The standard InChI is InChI=1S/C24H22ClN3O4/c25-17-7-10-20(11-8-17)31-14-4-13-28-21-15-19(9-12-22(21)32-16-23(28)29)27-24(30)26-18-5-2-1-3-6-18/h1-3,5-12,15H,4,13-14,16H2,(H2,26,27,30). The van der Waals surface area contributed by atoms with E-state index < -0.39 is 0 Å². The maximum Gasteiger partial charge on any atom is 0.323 e. The first-order chi connectivity index (χ1) is 15.6. The summed E-state index contributed by atoms with van der Waals surface area (Å²) >= 11 is 5.88. The van der Waals surface area contributed by atoms with Crippen molar-refractivity contribution in [2.45, 2.75) is 6.42 Å². The van der Waals surface area contributed by atoms with Crippen molar-refractivity contribution in [2.75, 3.05) is 35.3 Å². The number of fused-ring (bicyclic) bond motifs is 1. The lowest BCUT2D eigenvalue weighted by molar-refractivity contribution is -0.121. The Kier molecular flexibility index (Phi) is 6.77. The van der Waals surface area contributed by atoms with Gasteiger partial charge in [-0.2, -0.15) is 0 Å². The molecule has 0 unspecified atom stereocenters. The van der Waals surface area contributed by atoms with Gasteiger partial charge in [0.2, 0.25) is 0 Å². The number of nitrogens with zero attached hydrogens (tertiary/aromatic N) is 1. The molecule has 32 heavy (non-hydrogen) atoms. The molecule has 0 aromatic heterocycles. The molecule has 2 N–H and O–H groups in total. The number of anilines is 3. The van der Waals surface area contributed by atoms with Gasteiger partial charge in [0.15, 0.2) is 6.61 Å². The minimum Gasteiger partial charge on any atom is -0.494 e. The van der Waals surface area contributed by atoms with E-state index in [-0.39, 0.29) is 18.5 Å². The van der Waals surface area contributed by atoms with E-state index >= 15 is 0 Å². The Morgan fingerprint density at radius 2 is 1.75 bits per heavy atom. The van der Waals surface area contributed by atoms with Crippen LogP contribution in [0.3, 0.4) is 0 Å². The van der Waals surface area contributed by atoms with E-state index in [1.54, 1.807) is 59.5 Å². The largest absolute Gasteiger partial charge is 0.494 e. The first-order valence-electron chi connectivity index (χ1n) is 10.2. The number of para-hydroxylation sites is 1. The number of nitrogens with one attached hydrogen (secondary N) is 2. The first-order valence-corrected chi connectivity index (χ1v) is 10.5. The molecule has 0 saturated carbocycles. The molecule has 3 aromatic rings. The van der Waals surface area contributed by atoms with Crippen LogP contribution in [0.2, 0.25) is 5.02 Å². The predicted molar refractivity (Wildman–Crippen MR) is 125 cm³/mol. The fraction of sp³-hybridized carbons (Fsp3) is 0.167. The normalized spacial score (nSPS) is 12.5. The fourth-order valence-electron chi connectivity index (χ4n) is 3.28. The topological polar surface area (TPSA) is 79.9 Å². The van der Waals surface area contributed by atoms with Crippen LogP contribution < -0.4 is 25.0 Å². The van der Waals surface area contributed by atoms with Crippen molar-refractivity contribution < 1.29 is 19.1 Å². The van der Waals surface area contributed by atoms with Crippen LogP contribution in [0.25, 0.3) is 0 Å². The van der Waals surface area contributed by atoms with Crippen molar-refractivity contribution in [3.05, 3.63) is 77.8 Å². The zero-order chi connectivity index (χ0) is 22.3. The van der Waals surface area contributed by atoms with Gasteiger partial charge in [0.1, 0.15) is 11.5 Å². The molecule has 1 aliphatic heterocycles. The van der Waals surface area contributed by atoms with Gasteiger partial charge in [0.05, 0.1) is 12.3 Å². The monoisotopic (exact) mass is 451 g/mol. The highest BCUT2D eigenvalue weighted by atomic mass is 35.5. The quantitative estimate of drug-likeness (QED) is 0.485. The van der Waals surface area contributed by atoms with Crippen molar-refractivity contribution in [1.82, 2.24) is 0 Å². The summed E-state index contributed by atoms with van der Waals surface area (Å²) in [6.07, 6.45) is 0.625. The van der Waals surface area contributed by atoms with Crippen molar-refractivity contribution in [3.63, 3.8) is 0 Å². The summed E-state index contributed by atoms with van der Waals surface area (Å²) in [5, 5.41) is 6.20. The Labute approximate surface area is 190 Å². The van der Waals surface area contributed by atoms with E-state index in [9.17, 15) is 9.59 Å². The second-order valence-corrected chi connectivity index (χ2v) is 7.55. The number of benzene rings is 3. The van der Waals surface area contributed by atoms with E-state index in [4.69, 9.17) is 21.1 Å². The lowest BCUT2D eigenvalue weighted by Crippen LogP contribution is -2.39. The number of hydrogen-bond acceptors (Lipinski definition) is 4. The molecule has 7 nitrogen and oxygen atoms in total. The maximum atomic E-state index is 12.5. The lowest BCUT2D eigenvalue weighted by atomic mass is 10.2. The van der Waals surface area contributed by atoms with Gasteiger partial charge in [0, 0.05) is 22.9 Å². The summed E-state index contributed by atoms with van der Waals surface area (Å²) in [6, 6.07) is 21.1. The average molecular weight is 452 g/mol. The minimum atomic E-state index is -0.373. The first kappa shape index (κ1) is 21.5. The number of ether oxygens (including phenoxy) is 2. The van der Waals surface area contributed by atoms with E-state index in [2.05, 4.69) is 10.6 Å². The molecule has 0 fully saturated rings. The smallest absolute Gasteiger partial charge is 0.323 e. The second kappa shape index (κ2) is 10.1. The highest BCUT2D eigenvalue weighted by molar-refractivity contribution is 6.30. The van der Waals surface area contributed by atoms with Gasteiger partial charge in [-0.25, -0.2) is 4.79 Å². The Balaban J connectivity index is 1.38. The molecule has 0 atom stereocenters. The van der Waals surface area contributed by atoms with E-state index in [1.165, 1.54) is 0 Å². The van der Waals surface area contributed by atoms with Crippen molar-refractivity contribution in [1.29, 1.82) is 0 Å². The van der Waals surface area contributed by atoms with Gasteiger partial charge in [-0.1, -0.05) is 29.8 Å². The molecule has 1 aliphatic rings. The molecule has 4 rings (SSSR count). The van der Waals surface area contributed by atoms with Gasteiger partial charge in [-0.3, -0.25) is 4.79 Å². The average Bonchev–Trinajstić information content (AvgIpc) is 2.79. The SMILES string of the molecule is O=C(Nc1ccccc1)Nc1ccc2c(c1)N(CCCOc1ccc(Cl)cc1)C(=O)CO2. The van der Waals surface area contributed by atoms with Gasteiger partial charge in [0.25, 0.3) is 5.91 Å². The molecule has 0 aliphatic carbocycles. The summed E-state index contributed by atoms with van der Waals surface area (Å²) in [6.45, 7) is 0.883. The molecule has 0 spiro atoms. The van der Waals surface area contributed by atoms with Crippen LogP contribution in [-0.2, 0) is 4.79 Å². The number of carbonyl (C=O) groups excluding carboxylic acids is 2. The third kappa shape index (κ3) is 5.50. The number of urea groups is 1. The lowest BCUT2D eigenvalue weighted by Gasteiger charge is -2.30. The molecule has 164 valence electrons. The number of halogens is 1. The van der Waals surface area contributed by atoms with Gasteiger partial charge >= 0.3 is 6.03 Å². The molecule has 0 bridgehead atoms. The maximum absolute atomic E-state index is 12.5. The number of amides is 3. The zero-order valence-corrected chi connectivity index (χ0v) is 18.0.